The molecule has 0 radical (unpaired) electrons. The van der Waals surface area contributed by atoms with Gasteiger partial charge in [-0.3, -0.25) is 4.79 Å². The number of nitrogens with zero attached hydrogens (tertiary/aromatic N) is 1. The molecule has 6 heteroatoms. The lowest BCUT2D eigenvalue weighted by molar-refractivity contribution is -0.136. The third kappa shape index (κ3) is 4.27. The molecular weight excluding hydrogens is 242 g/mol. The van der Waals surface area contributed by atoms with Crippen molar-refractivity contribution < 1.29 is 18.3 Å². The molecule has 1 rings (SSSR count). The van der Waals surface area contributed by atoms with E-state index in [-0.39, 0.29) is 18.2 Å². The minimum Gasteiger partial charge on any atom is -0.481 e. The second kappa shape index (κ2) is 6.35. The van der Waals surface area contributed by atoms with Crippen molar-refractivity contribution in [1.82, 2.24) is 4.31 Å². The molecule has 0 saturated heterocycles. The molecule has 100 valence electrons. The SMILES string of the molecule is CCN(C1CCCCC1)S(=O)(=O)CCC(=O)O. The van der Waals surface area contributed by atoms with Gasteiger partial charge in [-0.2, -0.15) is 4.31 Å². The fourth-order valence-electron chi connectivity index (χ4n) is 2.38. The van der Waals surface area contributed by atoms with Crippen molar-refractivity contribution in [2.75, 3.05) is 12.3 Å². The predicted molar refractivity (Wildman–Crippen MR) is 65.3 cm³/mol. The van der Waals surface area contributed by atoms with Crippen molar-refractivity contribution in [3.05, 3.63) is 0 Å². The summed E-state index contributed by atoms with van der Waals surface area (Å²) in [6.07, 6.45) is 4.79. The van der Waals surface area contributed by atoms with E-state index in [9.17, 15) is 13.2 Å². The molecule has 0 aliphatic heterocycles. The van der Waals surface area contributed by atoms with Gasteiger partial charge in [-0.1, -0.05) is 26.2 Å². The minimum absolute atomic E-state index is 0.0764. The molecule has 0 atom stereocenters. The summed E-state index contributed by atoms with van der Waals surface area (Å²) in [5.74, 6) is -1.35. The Morgan fingerprint density at radius 2 is 1.88 bits per heavy atom. The van der Waals surface area contributed by atoms with E-state index in [0.29, 0.717) is 6.54 Å². The van der Waals surface area contributed by atoms with Crippen LogP contribution in [0.25, 0.3) is 0 Å². The van der Waals surface area contributed by atoms with Gasteiger partial charge in [0, 0.05) is 12.6 Å². The fourth-order valence-corrected chi connectivity index (χ4v) is 4.11. The Balaban J connectivity index is 2.67. The van der Waals surface area contributed by atoms with Crippen molar-refractivity contribution >= 4 is 16.0 Å². The van der Waals surface area contributed by atoms with Crippen LogP contribution in [0.2, 0.25) is 0 Å². The van der Waals surface area contributed by atoms with Crippen LogP contribution < -0.4 is 0 Å². The summed E-state index contributed by atoms with van der Waals surface area (Å²) in [6, 6.07) is 0.0764. The molecule has 0 amide bonds. The highest BCUT2D eigenvalue weighted by molar-refractivity contribution is 7.89. The number of carbonyl (C=O) groups is 1. The van der Waals surface area contributed by atoms with Crippen LogP contribution in [0.15, 0.2) is 0 Å². The molecule has 0 aromatic rings. The Bertz CT molecular complexity index is 346. The smallest absolute Gasteiger partial charge is 0.304 e. The highest BCUT2D eigenvalue weighted by Crippen LogP contribution is 2.24. The van der Waals surface area contributed by atoms with E-state index >= 15 is 0 Å². The van der Waals surface area contributed by atoms with E-state index in [0.717, 1.165) is 25.7 Å². The highest BCUT2D eigenvalue weighted by Gasteiger charge is 2.29. The molecule has 0 heterocycles. The maximum Gasteiger partial charge on any atom is 0.304 e. The normalized spacial score (nSPS) is 18.5. The van der Waals surface area contributed by atoms with E-state index in [4.69, 9.17) is 5.11 Å². The second-order valence-electron chi connectivity index (χ2n) is 4.45. The molecule has 1 aliphatic carbocycles. The predicted octanol–water partition coefficient (Wildman–Crippen LogP) is 1.45. The number of carboxylic acids is 1. The van der Waals surface area contributed by atoms with Crippen LogP contribution in [0.4, 0.5) is 0 Å². The lowest BCUT2D eigenvalue weighted by atomic mass is 9.95. The largest absolute Gasteiger partial charge is 0.481 e. The van der Waals surface area contributed by atoms with E-state index in [1.54, 1.807) is 0 Å². The van der Waals surface area contributed by atoms with Gasteiger partial charge in [0.05, 0.1) is 12.2 Å². The van der Waals surface area contributed by atoms with Crippen LogP contribution in [0.5, 0.6) is 0 Å². The Labute approximate surface area is 103 Å². The van der Waals surface area contributed by atoms with Crippen molar-refractivity contribution in [3.8, 4) is 0 Å². The first-order valence-electron chi connectivity index (χ1n) is 6.18. The number of carboxylic acid groups (broad SMARTS) is 1. The number of sulfonamides is 1. The van der Waals surface area contributed by atoms with Gasteiger partial charge in [0.25, 0.3) is 0 Å². The number of aliphatic carboxylic acids is 1. The molecule has 1 fully saturated rings. The lowest BCUT2D eigenvalue weighted by Crippen LogP contribution is -2.42. The van der Waals surface area contributed by atoms with Gasteiger partial charge in [-0.15, -0.1) is 0 Å². The van der Waals surface area contributed by atoms with Gasteiger partial charge < -0.3 is 5.11 Å². The topological polar surface area (TPSA) is 74.7 Å². The maximum atomic E-state index is 12.0. The highest BCUT2D eigenvalue weighted by atomic mass is 32.2. The summed E-state index contributed by atoms with van der Waals surface area (Å²) in [5.41, 5.74) is 0. The first-order valence-corrected chi connectivity index (χ1v) is 7.79. The summed E-state index contributed by atoms with van der Waals surface area (Å²) in [5, 5.41) is 8.56. The quantitative estimate of drug-likeness (QED) is 0.787. The van der Waals surface area contributed by atoms with Gasteiger partial charge >= 0.3 is 5.97 Å². The minimum atomic E-state index is -3.41. The summed E-state index contributed by atoms with van der Waals surface area (Å²) in [7, 11) is -3.41. The molecule has 17 heavy (non-hydrogen) atoms. The molecule has 1 saturated carbocycles. The van der Waals surface area contributed by atoms with E-state index in [1.807, 2.05) is 6.92 Å². The third-order valence-corrected chi connectivity index (χ3v) is 5.22. The molecule has 0 spiro atoms. The van der Waals surface area contributed by atoms with Crippen LogP contribution >= 0.6 is 0 Å². The maximum absolute atomic E-state index is 12.0. The number of rotatable bonds is 6. The van der Waals surface area contributed by atoms with Crippen LogP contribution in [-0.2, 0) is 14.8 Å². The molecule has 0 aromatic heterocycles. The van der Waals surface area contributed by atoms with Gasteiger partial charge in [-0.25, -0.2) is 8.42 Å². The van der Waals surface area contributed by atoms with E-state index in [2.05, 4.69) is 0 Å². The summed E-state index contributed by atoms with van der Waals surface area (Å²) >= 11 is 0. The average molecular weight is 263 g/mol. The number of hydrogen-bond donors (Lipinski definition) is 1. The third-order valence-electron chi connectivity index (χ3n) is 3.22. The summed E-state index contributed by atoms with van der Waals surface area (Å²) in [6.45, 7) is 2.25. The summed E-state index contributed by atoms with van der Waals surface area (Å²) in [4.78, 5) is 10.5. The van der Waals surface area contributed by atoms with Gasteiger partial charge in [0.2, 0.25) is 10.0 Å². The monoisotopic (exact) mass is 263 g/mol. The summed E-state index contributed by atoms with van der Waals surface area (Å²) < 4.78 is 25.6. The Morgan fingerprint density at radius 3 is 2.35 bits per heavy atom. The van der Waals surface area contributed by atoms with Gasteiger partial charge in [0.15, 0.2) is 0 Å². The molecule has 1 aliphatic rings. The van der Waals surface area contributed by atoms with E-state index < -0.39 is 16.0 Å². The Kier molecular flexibility index (Phi) is 5.39. The lowest BCUT2D eigenvalue weighted by Gasteiger charge is -2.32. The van der Waals surface area contributed by atoms with Crippen LogP contribution in [0.1, 0.15) is 45.4 Å². The Hall–Kier alpha value is -0.620. The van der Waals surface area contributed by atoms with Crippen molar-refractivity contribution in [3.63, 3.8) is 0 Å². The standard InChI is InChI=1S/C11H21NO4S/c1-2-12(10-6-4-3-5-7-10)17(15,16)9-8-11(13)14/h10H,2-9H2,1H3,(H,13,14). The van der Waals surface area contributed by atoms with Crippen molar-refractivity contribution in [1.29, 1.82) is 0 Å². The van der Waals surface area contributed by atoms with E-state index in [1.165, 1.54) is 10.7 Å². The fraction of sp³-hybridized carbons (Fsp3) is 0.909. The zero-order valence-electron chi connectivity index (χ0n) is 10.3. The molecule has 0 aromatic carbocycles. The van der Waals surface area contributed by atoms with Gasteiger partial charge in [-0.05, 0) is 12.8 Å². The first-order chi connectivity index (χ1) is 7.97. The molecule has 1 N–H and O–H groups in total. The average Bonchev–Trinajstić information content (AvgIpc) is 2.29. The first kappa shape index (κ1) is 14.4. The molecule has 0 unspecified atom stereocenters. The second-order valence-corrected chi connectivity index (χ2v) is 6.50. The molecule has 5 nitrogen and oxygen atoms in total. The van der Waals surface area contributed by atoms with Crippen molar-refractivity contribution in [2.45, 2.75) is 51.5 Å². The van der Waals surface area contributed by atoms with Crippen molar-refractivity contribution in [2.24, 2.45) is 0 Å². The Morgan fingerprint density at radius 1 is 1.29 bits per heavy atom. The van der Waals surface area contributed by atoms with Crippen LogP contribution in [-0.4, -0.2) is 42.1 Å². The molecular formula is C11H21NO4S. The zero-order chi connectivity index (χ0) is 12.9. The zero-order valence-corrected chi connectivity index (χ0v) is 11.1. The van der Waals surface area contributed by atoms with Crippen LogP contribution in [0.3, 0.4) is 0 Å². The van der Waals surface area contributed by atoms with Crippen LogP contribution in [0, 0.1) is 0 Å². The molecule has 0 bridgehead atoms. The number of hydrogen-bond acceptors (Lipinski definition) is 3. The van der Waals surface area contributed by atoms with Gasteiger partial charge in [0.1, 0.15) is 0 Å².